The van der Waals surface area contributed by atoms with E-state index in [4.69, 9.17) is 14.2 Å². The van der Waals surface area contributed by atoms with E-state index in [0.717, 1.165) is 11.1 Å². The van der Waals surface area contributed by atoms with Crippen LogP contribution < -0.4 is 20.1 Å². The summed E-state index contributed by atoms with van der Waals surface area (Å²) in [6.45, 7) is 3.44. The summed E-state index contributed by atoms with van der Waals surface area (Å²) in [6.07, 6.45) is -0.214. The Morgan fingerprint density at radius 2 is 1.37 bits per heavy atom. The largest absolute Gasteiger partial charge is 0.493 e. The lowest BCUT2D eigenvalue weighted by atomic mass is 10.1. The summed E-state index contributed by atoms with van der Waals surface area (Å²) in [5, 5.41) is 5.40. The Balaban J connectivity index is 1.39. The second kappa shape index (κ2) is 12.2. The normalized spacial score (nSPS) is 10.3. The minimum atomic E-state index is -0.628. The SMILES string of the molecule is COc1ccccc1Oc1ccc(NC(=O)CCC(=O)OCC(=O)Nc2cc(C)cc(C)c2)cc1. The number of benzene rings is 3. The van der Waals surface area contributed by atoms with Crippen LogP contribution in [-0.2, 0) is 19.1 Å². The monoisotopic (exact) mass is 476 g/mol. The minimum Gasteiger partial charge on any atom is -0.493 e. The Bertz CT molecular complexity index is 1170. The van der Waals surface area contributed by atoms with Crippen LogP contribution in [0.15, 0.2) is 66.7 Å². The number of esters is 1. The van der Waals surface area contributed by atoms with Gasteiger partial charge in [0.05, 0.1) is 13.5 Å². The third-order valence-corrected chi connectivity index (χ3v) is 4.86. The van der Waals surface area contributed by atoms with Gasteiger partial charge in [-0.3, -0.25) is 14.4 Å². The van der Waals surface area contributed by atoms with Crippen molar-refractivity contribution in [3.8, 4) is 17.2 Å². The van der Waals surface area contributed by atoms with Crippen LogP contribution in [0.1, 0.15) is 24.0 Å². The molecule has 0 aliphatic heterocycles. The van der Waals surface area contributed by atoms with Gasteiger partial charge in [0.1, 0.15) is 5.75 Å². The van der Waals surface area contributed by atoms with Gasteiger partial charge >= 0.3 is 5.97 Å². The Labute approximate surface area is 204 Å². The second-order valence-corrected chi connectivity index (χ2v) is 7.91. The van der Waals surface area contributed by atoms with Gasteiger partial charge in [-0.05, 0) is 73.5 Å². The highest BCUT2D eigenvalue weighted by Crippen LogP contribution is 2.31. The van der Waals surface area contributed by atoms with Crippen molar-refractivity contribution in [2.75, 3.05) is 24.4 Å². The van der Waals surface area contributed by atoms with E-state index in [0.29, 0.717) is 28.6 Å². The third-order valence-electron chi connectivity index (χ3n) is 4.86. The topological polar surface area (TPSA) is 103 Å². The van der Waals surface area contributed by atoms with E-state index < -0.39 is 18.5 Å². The highest BCUT2D eigenvalue weighted by atomic mass is 16.5. The smallest absolute Gasteiger partial charge is 0.306 e. The molecule has 3 aromatic carbocycles. The van der Waals surface area contributed by atoms with Crippen LogP contribution in [0.3, 0.4) is 0 Å². The van der Waals surface area contributed by atoms with Crippen molar-refractivity contribution in [1.82, 2.24) is 0 Å². The Morgan fingerprint density at radius 1 is 0.743 bits per heavy atom. The number of anilines is 2. The molecule has 0 aliphatic carbocycles. The first kappa shape index (κ1) is 25.3. The van der Waals surface area contributed by atoms with Gasteiger partial charge in [0.15, 0.2) is 18.1 Å². The second-order valence-electron chi connectivity index (χ2n) is 7.91. The average Bonchev–Trinajstić information content (AvgIpc) is 2.82. The fourth-order valence-electron chi connectivity index (χ4n) is 3.34. The van der Waals surface area contributed by atoms with Crippen molar-refractivity contribution in [2.24, 2.45) is 0 Å². The summed E-state index contributed by atoms with van der Waals surface area (Å²) >= 11 is 0. The number of ether oxygens (including phenoxy) is 3. The van der Waals surface area contributed by atoms with E-state index >= 15 is 0 Å². The number of nitrogens with one attached hydrogen (secondary N) is 2. The first-order valence-corrected chi connectivity index (χ1v) is 11.1. The Hall–Kier alpha value is -4.33. The quantitative estimate of drug-likeness (QED) is 0.399. The summed E-state index contributed by atoms with van der Waals surface area (Å²) in [4.78, 5) is 36.1. The molecule has 0 fully saturated rings. The molecule has 0 saturated carbocycles. The molecule has 2 amide bonds. The summed E-state index contributed by atoms with van der Waals surface area (Å²) in [5.41, 5.74) is 3.23. The fraction of sp³-hybridized carbons (Fsp3) is 0.222. The highest BCUT2D eigenvalue weighted by Gasteiger charge is 2.12. The minimum absolute atomic E-state index is 0.0724. The van der Waals surface area contributed by atoms with Crippen molar-refractivity contribution >= 4 is 29.2 Å². The highest BCUT2D eigenvalue weighted by molar-refractivity contribution is 5.94. The zero-order valence-corrected chi connectivity index (χ0v) is 19.9. The Morgan fingerprint density at radius 3 is 2.03 bits per heavy atom. The first-order valence-electron chi connectivity index (χ1n) is 11.1. The molecule has 0 spiro atoms. The van der Waals surface area contributed by atoms with Gasteiger partial charge in [-0.1, -0.05) is 18.2 Å². The first-order chi connectivity index (χ1) is 16.8. The van der Waals surface area contributed by atoms with Gasteiger partial charge in [-0.15, -0.1) is 0 Å². The number of para-hydroxylation sites is 2. The van der Waals surface area contributed by atoms with Crippen molar-refractivity contribution in [3.05, 3.63) is 77.9 Å². The van der Waals surface area contributed by atoms with Crippen LogP contribution in [-0.4, -0.2) is 31.5 Å². The van der Waals surface area contributed by atoms with E-state index in [9.17, 15) is 14.4 Å². The Kier molecular flexibility index (Phi) is 8.83. The molecule has 3 rings (SSSR count). The van der Waals surface area contributed by atoms with Crippen LogP contribution in [0.2, 0.25) is 0 Å². The predicted molar refractivity (Wildman–Crippen MR) is 133 cm³/mol. The fourth-order valence-corrected chi connectivity index (χ4v) is 3.34. The molecule has 0 radical (unpaired) electrons. The number of hydrogen-bond donors (Lipinski definition) is 2. The summed E-state index contributed by atoms with van der Waals surface area (Å²) in [7, 11) is 1.57. The molecule has 0 atom stereocenters. The van der Waals surface area contributed by atoms with Crippen LogP contribution >= 0.6 is 0 Å². The lowest BCUT2D eigenvalue weighted by Crippen LogP contribution is -2.21. The van der Waals surface area contributed by atoms with Gasteiger partial charge in [-0.2, -0.15) is 0 Å². The summed E-state index contributed by atoms with van der Waals surface area (Å²) < 4.78 is 16.0. The van der Waals surface area contributed by atoms with E-state index in [1.165, 1.54) is 0 Å². The molecule has 0 heterocycles. The maximum absolute atomic E-state index is 12.2. The third kappa shape index (κ3) is 8.19. The van der Waals surface area contributed by atoms with Gasteiger partial charge in [0, 0.05) is 17.8 Å². The number of aryl methyl sites for hydroxylation is 2. The predicted octanol–water partition coefficient (Wildman–Crippen LogP) is 5.00. The zero-order valence-electron chi connectivity index (χ0n) is 19.9. The van der Waals surface area contributed by atoms with Crippen LogP contribution in [0.5, 0.6) is 17.2 Å². The van der Waals surface area contributed by atoms with Crippen molar-refractivity contribution < 1.29 is 28.6 Å². The molecule has 3 aromatic rings. The molecule has 0 aromatic heterocycles. The van der Waals surface area contributed by atoms with Crippen LogP contribution in [0.4, 0.5) is 11.4 Å². The van der Waals surface area contributed by atoms with Gasteiger partial charge in [0.25, 0.3) is 5.91 Å². The van der Waals surface area contributed by atoms with Gasteiger partial charge in [0.2, 0.25) is 5.91 Å². The zero-order chi connectivity index (χ0) is 25.2. The van der Waals surface area contributed by atoms with Crippen LogP contribution in [0.25, 0.3) is 0 Å². The maximum Gasteiger partial charge on any atom is 0.306 e. The van der Waals surface area contributed by atoms with Crippen LogP contribution in [0, 0.1) is 13.8 Å². The van der Waals surface area contributed by atoms with Crippen molar-refractivity contribution in [2.45, 2.75) is 26.7 Å². The van der Waals surface area contributed by atoms with Gasteiger partial charge in [-0.25, -0.2) is 0 Å². The molecule has 182 valence electrons. The number of carbonyl (C=O) groups excluding carboxylic acids is 3. The lowest BCUT2D eigenvalue weighted by molar-refractivity contribution is -0.147. The molecule has 0 aliphatic rings. The molecular formula is C27H28N2O6. The van der Waals surface area contributed by atoms with E-state index in [2.05, 4.69) is 10.6 Å². The standard InChI is InChI=1S/C27H28N2O6/c1-18-14-19(2)16-21(15-18)29-26(31)17-34-27(32)13-12-25(30)28-20-8-10-22(11-9-20)35-24-7-5-4-6-23(24)33-3/h4-11,14-16H,12-13,17H2,1-3H3,(H,28,30)(H,29,31). The summed E-state index contributed by atoms with van der Waals surface area (Å²) in [6, 6.07) is 19.7. The van der Waals surface area contributed by atoms with Gasteiger partial charge < -0.3 is 24.8 Å². The number of methoxy groups -OCH3 is 1. The number of amides is 2. The molecule has 0 bridgehead atoms. The number of hydrogen-bond acceptors (Lipinski definition) is 6. The molecule has 0 unspecified atom stereocenters. The van der Waals surface area contributed by atoms with Crippen molar-refractivity contribution in [1.29, 1.82) is 0 Å². The molecular weight excluding hydrogens is 448 g/mol. The maximum atomic E-state index is 12.2. The lowest BCUT2D eigenvalue weighted by Gasteiger charge is -2.11. The molecule has 2 N–H and O–H groups in total. The molecule has 0 saturated heterocycles. The summed E-state index contributed by atoms with van der Waals surface area (Å²) in [5.74, 6) is 0.349. The van der Waals surface area contributed by atoms with E-state index in [-0.39, 0.29) is 18.7 Å². The molecule has 35 heavy (non-hydrogen) atoms. The van der Waals surface area contributed by atoms with Crippen molar-refractivity contribution in [3.63, 3.8) is 0 Å². The van der Waals surface area contributed by atoms with E-state index in [1.807, 2.05) is 44.2 Å². The average molecular weight is 477 g/mol. The molecule has 8 nitrogen and oxygen atoms in total. The molecule has 8 heteroatoms. The van der Waals surface area contributed by atoms with E-state index in [1.54, 1.807) is 43.5 Å². The number of rotatable bonds is 10. The number of carbonyl (C=O) groups is 3.